The zero-order chi connectivity index (χ0) is 18.5. The molecule has 26 heavy (non-hydrogen) atoms. The first-order valence-electron chi connectivity index (χ1n) is 8.92. The lowest BCUT2D eigenvalue weighted by Crippen LogP contribution is -2.41. The number of rotatable bonds is 2. The SMILES string of the molecule is CC12CCC(c3ccc(O)cc3Cl)C(c3ccc(Cl)cc3)C1CNC2=O. The summed E-state index contributed by atoms with van der Waals surface area (Å²) in [6.45, 7) is 2.76. The average molecular weight is 390 g/mol. The topological polar surface area (TPSA) is 49.3 Å². The molecule has 136 valence electrons. The van der Waals surface area contributed by atoms with E-state index in [1.807, 2.05) is 18.2 Å². The Morgan fingerprint density at radius 2 is 1.88 bits per heavy atom. The molecule has 2 aromatic rings. The van der Waals surface area contributed by atoms with E-state index in [9.17, 15) is 9.90 Å². The van der Waals surface area contributed by atoms with Crippen molar-refractivity contribution in [2.45, 2.75) is 31.6 Å². The molecule has 1 aliphatic carbocycles. The van der Waals surface area contributed by atoms with Gasteiger partial charge in [-0.15, -0.1) is 0 Å². The molecule has 2 aromatic carbocycles. The molecule has 4 unspecified atom stereocenters. The Balaban J connectivity index is 1.82. The van der Waals surface area contributed by atoms with Gasteiger partial charge in [0.2, 0.25) is 5.91 Å². The van der Waals surface area contributed by atoms with Gasteiger partial charge in [-0.05, 0) is 66.0 Å². The first-order chi connectivity index (χ1) is 12.4. The lowest BCUT2D eigenvalue weighted by atomic mass is 9.57. The fourth-order valence-corrected chi connectivity index (χ4v) is 5.29. The Bertz CT molecular complexity index is 852. The van der Waals surface area contributed by atoms with Crippen LogP contribution in [0.25, 0.3) is 0 Å². The van der Waals surface area contributed by atoms with Crippen molar-refractivity contribution < 1.29 is 9.90 Å². The molecule has 0 bridgehead atoms. The minimum absolute atomic E-state index is 0.150. The third kappa shape index (κ3) is 2.78. The van der Waals surface area contributed by atoms with Gasteiger partial charge in [0.05, 0.1) is 5.41 Å². The second kappa shape index (κ2) is 6.47. The van der Waals surface area contributed by atoms with Crippen molar-refractivity contribution >= 4 is 29.1 Å². The normalized spacial score (nSPS) is 30.7. The van der Waals surface area contributed by atoms with Crippen LogP contribution in [0.5, 0.6) is 5.75 Å². The van der Waals surface area contributed by atoms with Crippen LogP contribution in [0.2, 0.25) is 10.0 Å². The minimum Gasteiger partial charge on any atom is -0.508 e. The van der Waals surface area contributed by atoms with E-state index < -0.39 is 0 Å². The van der Waals surface area contributed by atoms with Gasteiger partial charge < -0.3 is 10.4 Å². The number of phenolic OH excluding ortho intramolecular Hbond substituents is 1. The van der Waals surface area contributed by atoms with Gasteiger partial charge >= 0.3 is 0 Å². The summed E-state index contributed by atoms with van der Waals surface area (Å²) in [5.74, 6) is 0.860. The van der Waals surface area contributed by atoms with E-state index in [2.05, 4.69) is 24.4 Å². The highest BCUT2D eigenvalue weighted by atomic mass is 35.5. The van der Waals surface area contributed by atoms with E-state index in [0.29, 0.717) is 16.6 Å². The summed E-state index contributed by atoms with van der Waals surface area (Å²) in [5.41, 5.74) is 1.85. The number of fused-ring (bicyclic) bond motifs is 1. The third-order valence-electron chi connectivity index (χ3n) is 6.30. The van der Waals surface area contributed by atoms with Crippen LogP contribution in [-0.2, 0) is 4.79 Å². The molecule has 4 rings (SSSR count). The number of hydrogen-bond donors (Lipinski definition) is 2. The van der Waals surface area contributed by atoms with Crippen molar-refractivity contribution in [3.8, 4) is 5.75 Å². The van der Waals surface area contributed by atoms with Crippen molar-refractivity contribution in [1.29, 1.82) is 0 Å². The molecule has 1 saturated heterocycles. The average Bonchev–Trinajstić information content (AvgIpc) is 2.91. The van der Waals surface area contributed by atoms with Crippen LogP contribution >= 0.6 is 23.2 Å². The molecular weight excluding hydrogens is 369 g/mol. The zero-order valence-electron chi connectivity index (χ0n) is 14.5. The summed E-state index contributed by atoms with van der Waals surface area (Å²) in [5, 5.41) is 14.1. The van der Waals surface area contributed by atoms with Crippen LogP contribution in [0.4, 0.5) is 0 Å². The Kier molecular flexibility index (Phi) is 4.40. The van der Waals surface area contributed by atoms with Gasteiger partial charge in [-0.25, -0.2) is 0 Å². The number of hydrogen-bond acceptors (Lipinski definition) is 2. The highest BCUT2D eigenvalue weighted by molar-refractivity contribution is 6.31. The molecule has 0 aromatic heterocycles. The second-order valence-corrected chi connectivity index (χ2v) is 8.51. The molecule has 2 N–H and O–H groups in total. The van der Waals surface area contributed by atoms with E-state index in [1.54, 1.807) is 12.1 Å². The molecule has 1 heterocycles. The monoisotopic (exact) mass is 389 g/mol. The highest BCUT2D eigenvalue weighted by Gasteiger charge is 2.54. The van der Waals surface area contributed by atoms with Crippen molar-refractivity contribution in [1.82, 2.24) is 5.32 Å². The lowest BCUT2D eigenvalue weighted by molar-refractivity contribution is -0.129. The molecule has 0 radical (unpaired) electrons. The number of benzene rings is 2. The maximum atomic E-state index is 12.5. The molecule has 1 saturated carbocycles. The fraction of sp³-hybridized carbons (Fsp3) is 0.381. The molecule has 4 atom stereocenters. The van der Waals surface area contributed by atoms with Crippen LogP contribution < -0.4 is 5.32 Å². The van der Waals surface area contributed by atoms with E-state index in [1.165, 1.54) is 5.56 Å². The van der Waals surface area contributed by atoms with Crippen LogP contribution in [0.3, 0.4) is 0 Å². The lowest BCUT2D eigenvalue weighted by Gasteiger charge is -2.45. The van der Waals surface area contributed by atoms with E-state index >= 15 is 0 Å². The number of phenols is 1. The Morgan fingerprint density at radius 3 is 2.58 bits per heavy atom. The number of carbonyl (C=O) groups excluding carboxylic acids is 1. The first-order valence-corrected chi connectivity index (χ1v) is 9.68. The van der Waals surface area contributed by atoms with Gasteiger partial charge in [0.25, 0.3) is 0 Å². The van der Waals surface area contributed by atoms with Gasteiger partial charge in [0.15, 0.2) is 0 Å². The number of amides is 1. The summed E-state index contributed by atoms with van der Waals surface area (Å²) in [6, 6.07) is 13.1. The summed E-state index contributed by atoms with van der Waals surface area (Å²) in [4.78, 5) is 12.5. The first kappa shape index (κ1) is 17.7. The molecule has 2 aliphatic rings. The smallest absolute Gasteiger partial charge is 0.226 e. The summed E-state index contributed by atoms with van der Waals surface area (Å²) in [7, 11) is 0. The maximum absolute atomic E-state index is 12.5. The maximum Gasteiger partial charge on any atom is 0.226 e. The summed E-state index contributed by atoms with van der Waals surface area (Å²) in [6.07, 6.45) is 1.70. The van der Waals surface area contributed by atoms with Crippen molar-refractivity contribution in [3.63, 3.8) is 0 Å². The van der Waals surface area contributed by atoms with Crippen molar-refractivity contribution in [2.24, 2.45) is 11.3 Å². The summed E-state index contributed by atoms with van der Waals surface area (Å²) >= 11 is 12.6. The van der Waals surface area contributed by atoms with Gasteiger partial charge in [-0.3, -0.25) is 4.79 Å². The standard InChI is InChI=1S/C21H21Cl2NO2/c1-21-9-8-16(15-7-6-14(25)10-18(15)23)19(17(21)11-24-20(21)26)12-2-4-13(22)5-3-12/h2-7,10,16-17,19,25H,8-9,11H2,1H3,(H,24,26). The van der Waals surface area contributed by atoms with Crippen LogP contribution in [0.1, 0.15) is 42.7 Å². The zero-order valence-corrected chi connectivity index (χ0v) is 16.0. The van der Waals surface area contributed by atoms with E-state index in [0.717, 1.165) is 18.4 Å². The quantitative estimate of drug-likeness (QED) is 0.749. The van der Waals surface area contributed by atoms with Gasteiger partial charge in [0, 0.05) is 16.6 Å². The predicted octanol–water partition coefficient (Wildman–Crippen LogP) is 5.11. The van der Waals surface area contributed by atoms with Crippen LogP contribution in [-0.4, -0.2) is 17.6 Å². The minimum atomic E-state index is -0.357. The summed E-state index contributed by atoms with van der Waals surface area (Å²) < 4.78 is 0. The van der Waals surface area contributed by atoms with E-state index in [4.69, 9.17) is 23.2 Å². The van der Waals surface area contributed by atoms with Gasteiger partial charge in [-0.1, -0.05) is 48.3 Å². The van der Waals surface area contributed by atoms with Gasteiger partial charge in [0.1, 0.15) is 5.75 Å². The third-order valence-corrected chi connectivity index (χ3v) is 6.88. The molecule has 1 amide bonds. The number of aromatic hydroxyl groups is 1. The molecule has 1 aliphatic heterocycles. The Morgan fingerprint density at radius 1 is 1.15 bits per heavy atom. The van der Waals surface area contributed by atoms with Crippen LogP contribution in [0.15, 0.2) is 42.5 Å². The molecule has 0 spiro atoms. The van der Waals surface area contributed by atoms with Crippen molar-refractivity contribution in [3.05, 3.63) is 63.6 Å². The van der Waals surface area contributed by atoms with E-state index in [-0.39, 0.29) is 34.8 Å². The highest BCUT2D eigenvalue weighted by Crippen LogP contribution is 2.57. The second-order valence-electron chi connectivity index (χ2n) is 7.66. The number of nitrogens with one attached hydrogen (secondary N) is 1. The molecule has 3 nitrogen and oxygen atoms in total. The predicted molar refractivity (Wildman–Crippen MR) is 104 cm³/mol. The fourth-order valence-electron chi connectivity index (χ4n) is 4.85. The Hall–Kier alpha value is -1.71. The number of halogens is 2. The number of carbonyl (C=O) groups is 1. The molecule has 2 fully saturated rings. The molecular formula is C21H21Cl2NO2. The molecule has 5 heteroatoms. The van der Waals surface area contributed by atoms with Gasteiger partial charge in [-0.2, -0.15) is 0 Å². The largest absolute Gasteiger partial charge is 0.508 e. The van der Waals surface area contributed by atoms with Crippen molar-refractivity contribution in [2.75, 3.05) is 6.54 Å². The van der Waals surface area contributed by atoms with Crippen LogP contribution in [0, 0.1) is 11.3 Å². The Labute approximate surface area is 163 Å².